The van der Waals surface area contributed by atoms with E-state index in [1.807, 2.05) is 74.5 Å². The third-order valence-electron chi connectivity index (χ3n) is 5.63. The number of imidazole rings is 1. The van der Waals surface area contributed by atoms with Gasteiger partial charge in [-0.05, 0) is 56.2 Å². The number of hydrogen-bond acceptors (Lipinski definition) is 3. The van der Waals surface area contributed by atoms with Crippen molar-refractivity contribution >= 4 is 28.5 Å². The largest absolute Gasteiger partial charge is 0.490 e. The van der Waals surface area contributed by atoms with Crippen molar-refractivity contribution in [3.8, 4) is 5.75 Å². The highest BCUT2D eigenvalue weighted by molar-refractivity contribution is 6.32. The molecule has 1 aromatic heterocycles. The van der Waals surface area contributed by atoms with Crippen LogP contribution in [-0.2, 0) is 13.0 Å². The van der Waals surface area contributed by atoms with Crippen LogP contribution in [-0.4, -0.2) is 28.6 Å². The van der Waals surface area contributed by atoms with Crippen molar-refractivity contribution in [2.45, 2.75) is 33.2 Å². The molecule has 33 heavy (non-hydrogen) atoms. The van der Waals surface area contributed by atoms with Gasteiger partial charge in [0.2, 0.25) is 0 Å². The number of carbonyl (C=O) groups is 1. The average molecular weight is 462 g/mol. The van der Waals surface area contributed by atoms with E-state index in [0.717, 1.165) is 46.4 Å². The summed E-state index contributed by atoms with van der Waals surface area (Å²) < 4.78 is 8.09. The summed E-state index contributed by atoms with van der Waals surface area (Å²) in [5, 5.41) is 3.64. The predicted molar refractivity (Wildman–Crippen MR) is 133 cm³/mol. The lowest BCUT2D eigenvalue weighted by molar-refractivity contribution is 0.0952. The Labute approximate surface area is 199 Å². The second kappa shape index (κ2) is 10.5. The van der Waals surface area contributed by atoms with Crippen molar-refractivity contribution in [1.29, 1.82) is 0 Å². The Bertz CT molecular complexity index is 1270. The van der Waals surface area contributed by atoms with Gasteiger partial charge in [0, 0.05) is 18.5 Å². The summed E-state index contributed by atoms with van der Waals surface area (Å²) in [7, 11) is 0. The summed E-state index contributed by atoms with van der Waals surface area (Å²) in [6, 6.07) is 21.5. The standard InChI is InChI=1S/C27H28ClN3O2/c1-19-13-14-21(20(2)18-19)27(32)29-15-7-12-26-30-23-9-4-5-10-24(23)31(26)16-17-33-25-11-6-3-8-22(25)28/h3-6,8-11,13-14,18H,7,12,15-17H2,1-2H3,(H,29,32). The Hall–Kier alpha value is -3.31. The summed E-state index contributed by atoms with van der Waals surface area (Å²) in [4.78, 5) is 17.4. The van der Waals surface area contributed by atoms with Gasteiger partial charge in [-0.3, -0.25) is 4.79 Å². The van der Waals surface area contributed by atoms with Crippen LogP contribution in [0.15, 0.2) is 66.7 Å². The molecule has 3 aromatic carbocycles. The molecule has 0 fully saturated rings. The first-order valence-electron chi connectivity index (χ1n) is 11.2. The lowest BCUT2D eigenvalue weighted by Gasteiger charge is -2.12. The molecule has 0 bridgehead atoms. The fraction of sp³-hybridized carbons (Fsp3) is 0.259. The third-order valence-corrected chi connectivity index (χ3v) is 5.94. The quantitative estimate of drug-likeness (QED) is 0.323. The number of nitrogens with one attached hydrogen (secondary N) is 1. The van der Waals surface area contributed by atoms with E-state index in [0.29, 0.717) is 30.5 Å². The molecule has 0 unspecified atom stereocenters. The van der Waals surface area contributed by atoms with E-state index in [-0.39, 0.29) is 5.91 Å². The molecule has 5 nitrogen and oxygen atoms in total. The number of aryl methyl sites for hydroxylation is 3. The van der Waals surface area contributed by atoms with E-state index in [9.17, 15) is 4.79 Å². The van der Waals surface area contributed by atoms with E-state index in [1.165, 1.54) is 0 Å². The zero-order valence-corrected chi connectivity index (χ0v) is 19.7. The molecule has 4 aromatic rings. The first-order valence-corrected chi connectivity index (χ1v) is 11.6. The maximum atomic E-state index is 12.5. The van der Waals surface area contributed by atoms with Gasteiger partial charge in [0.25, 0.3) is 5.91 Å². The number of fused-ring (bicyclic) bond motifs is 1. The second-order valence-corrected chi connectivity index (χ2v) is 8.53. The highest BCUT2D eigenvalue weighted by Crippen LogP contribution is 2.23. The summed E-state index contributed by atoms with van der Waals surface area (Å²) >= 11 is 6.20. The summed E-state index contributed by atoms with van der Waals surface area (Å²) in [6.45, 7) is 5.73. The van der Waals surface area contributed by atoms with E-state index >= 15 is 0 Å². The van der Waals surface area contributed by atoms with Crippen molar-refractivity contribution < 1.29 is 9.53 Å². The summed E-state index contributed by atoms with van der Waals surface area (Å²) in [6.07, 6.45) is 1.55. The van der Waals surface area contributed by atoms with Gasteiger partial charge < -0.3 is 14.6 Å². The first kappa shape index (κ1) is 22.9. The number of carbonyl (C=O) groups excluding carboxylic acids is 1. The number of halogens is 1. The van der Waals surface area contributed by atoms with Crippen molar-refractivity contribution in [2.24, 2.45) is 0 Å². The highest BCUT2D eigenvalue weighted by atomic mass is 35.5. The molecule has 0 aliphatic carbocycles. The number of rotatable bonds is 9. The molecule has 0 saturated heterocycles. The number of aromatic nitrogens is 2. The fourth-order valence-electron chi connectivity index (χ4n) is 3.99. The monoisotopic (exact) mass is 461 g/mol. The molecule has 170 valence electrons. The van der Waals surface area contributed by atoms with Gasteiger partial charge in [-0.15, -0.1) is 0 Å². The summed E-state index contributed by atoms with van der Waals surface area (Å²) in [5.41, 5.74) is 4.91. The van der Waals surface area contributed by atoms with Gasteiger partial charge in [-0.1, -0.05) is 53.6 Å². The minimum Gasteiger partial charge on any atom is -0.490 e. The predicted octanol–water partition coefficient (Wildman–Crippen LogP) is 5.75. The number of hydrogen-bond donors (Lipinski definition) is 1. The minimum atomic E-state index is -0.0332. The summed E-state index contributed by atoms with van der Waals surface area (Å²) in [5.74, 6) is 1.63. The molecule has 1 heterocycles. The molecule has 0 aliphatic rings. The number of ether oxygens (including phenoxy) is 1. The van der Waals surface area contributed by atoms with Crippen LogP contribution in [0.3, 0.4) is 0 Å². The molecule has 1 amide bonds. The second-order valence-electron chi connectivity index (χ2n) is 8.13. The van der Waals surface area contributed by atoms with E-state index < -0.39 is 0 Å². The Kier molecular flexibility index (Phi) is 7.30. The zero-order valence-electron chi connectivity index (χ0n) is 19.0. The molecule has 0 radical (unpaired) electrons. The number of nitrogens with zero attached hydrogens (tertiary/aromatic N) is 2. The van der Waals surface area contributed by atoms with Crippen LogP contribution in [0, 0.1) is 13.8 Å². The maximum absolute atomic E-state index is 12.5. The van der Waals surface area contributed by atoms with E-state index in [2.05, 4.69) is 16.0 Å². The molecular weight excluding hydrogens is 434 g/mol. The number of para-hydroxylation sites is 3. The molecule has 0 atom stereocenters. The SMILES string of the molecule is Cc1ccc(C(=O)NCCCc2nc3ccccc3n2CCOc2ccccc2Cl)c(C)c1. The smallest absolute Gasteiger partial charge is 0.251 e. The molecule has 1 N–H and O–H groups in total. The van der Waals surface area contributed by atoms with Gasteiger partial charge in [-0.2, -0.15) is 0 Å². The number of amides is 1. The van der Waals surface area contributed by atoms with Crippen LogP contribution in [0.5, 0.6) is 5.75 Å². The molecule has 6 heteroatoms. The van der Waals surface area contributed by atoms with Gasteiger partial charge in [0.05, 0.1) is 22.6 Å². The number of benzene rings is 3. The normalized spacial score (nSPS) is 11.0. The van der Waals surface area contributed by atoms with Crippen LogP contribution in [0.25, 0.3) is 11.0 Å². The van der Waals surface area contributed by atoms with Crippen molar-refractivity contribution in [2.75, 3.05) is 13.2 Å². The zero-order chi connectivity index (χ0) is 23.2. The lowest BCUT2D eigenvalue weighted by atomic mass is 10.1. The Morgan fingerprint density at radius 1 is 1.06 bits per heavy atom. The average Bonchev–Trinajstić information content (AvgIpc) is 3.15. The van der Waals surface area contributed by atoms with Crippen LogP contribution in [0.1, 0.15) is 33.7 Å². The van der Waals surface area contributed by atoms with Crippen molar-refractivity contribution in [3.05, 3.63) is 94.3 Å². The third kappa shape index (κ3) is 5.55. The Morgan fingerprint density at radius 3 is 2.67 bits per heavy atom. The lowest BCUT2D eigenvalue weighted by Crippen LogP contribution is -2.25. The van der Waals surface area contributed by atoms with Crippen LogP contribution in [0.2, 0.25) is 5.02 Å². The van der Waals surface area contributed by atoms with Crippen molar-refractivity contribution in [1.82, 2.24) is 14.9 Å². The fourth-order valence-corrected chi connectivity index (χ4v) is 4.18. The molecule has 0 spiro atoms. The minimum absolute atomic E-state index is 0.0332. The highest BCUT2D eigenvalue weighted by Gasteiger charge is 2.12. The molecule has 0 aliphatic heterocycles. The molecule has 4 rings (SSSR count). The maximum Gasteiger partial charge on any atom is 0.251 e. The van der Waals surface area contributed by atoms with Crippen LogP contribution >= 0.6 is 11.6 Å². The van der Waals surface area contributed by atoms with Gasteiger partial charge in [0.15, 0.2) is 0 Å². The Morgan fingerprint density at radius 2 is 1.85 bits per heavy atom. The molecule has 0 saturated carbocycles. The first-order chi connectivity index (χ1) is 16.0. The van der Waals surface area contributed by atoms with Crippen molar-refractivity contribution in [3.63, 3.8) is 0 Å². The van der Waals surface area contributed by atoms with E-state index in [4.69, 9.17) is 21.3 Å². The van der Waals surface area contributed by atoms with Gasteiger partial charge >= 0.3 is 0 Å². The van der Waals surface area contributed by atoms with Crippen LogP contribution < -0.4 is 10.1 Å². The van der Waals surface area contributed by atoms with E-state index in [1.54, 1.807) is 0 Å². The Balaban J connectivity index is 1.38. The van der Waals surface area contributed by atoms with Gasteiger partial charge in [-0.25, -0.2) is 4.98 Å². The molecular formula is C27H28ClN3O2. The topological polar surface area (TPSA) is 56.2 Å². The van der Waals surface area contributed by atoms with Crippen LogP contribution in [0.4, 0.5) is 0 Å². The van der Waals surface area contributed by atoms with Gasteiger partial charge in [0.1, 0.15) is 18.2 Å².